The third-order valence-electron chi connectivity index (χ3n) is 4.22. The van der Waals surface area contributed by atoms with Gasteiger partial charge in [0.25, 0.3) is 0 Å². The van der Waals surface area contributed by atoms with E-state index in [1.54, 1.807) is 30.6 Å². The third-order valence-corrected chi connectivity index (χ3v) is 5.87. The van der Waals surface area contributed by atoms with Crippen molar-refractivity contribution in [2.75, 3.05) is 12.4 Å². The molecule has 0 unspecified atom stereocenters. The maximum absolute atomic E-state index is 6.31. The Morgan fingerprint density at radius 1 is 0.828 bits per heavy atom. The van der Waals surface area contributed by atoms with E-state index in [4.69, 9.17) is 32.9 Å². The van der Waals surface area contributed by atoms with Gasteiger partial charge in [-0.15, -0.1) is 17.0 Å². The van der Waals surface area contributed by atoms with E-state index in [9.17, 15) is 0 Å². The fraction of sp³-hybridized carbons (Fsp3) is 0.0455. The summed E-state index contributed by atoms with van der Waals surface area (Å²) >= 11 is 14.2. The van der Waals surface area contributed by atoms with Gasteiger partial charge >= 0.3 is 0 Å². The molecule has 29 heavy (non-hydrogen) atoms. The van der Waals surface area contributed by atoms with Gasteiger partial charge in [-0.1, -0.05) is 70.9 Å². The molecule has 3 aromatic carbocycles. The van der Waals surface area contributed by atoms with Crippen molar-refractivity contribution in [3.63, 3.8) is 0 Å². The van der Waals surface area contributed by atoms with Crippen LogP contribution in [0, 0.1) is 0 Å². The predicted octanol–water partition coefficient (Wildman–Crippen LogP) is 8.11. The minimum Gasteiger partial charge on any atom is -0.497 e. The summed E-state index contributed by atoms with van der Waals surface area (Å²) in [6, 6.07) is 23.5. The Hall–Kier alpha value is -2.05. The largest absolute Gasteiger partial charge is 0.497 e. The monoisotopic (exact) mass is 506 g/mol. The molecule has 4 aromatic rings. The van der Waals surface area contributed by atoms with E-state index in [2.05, 4.69) is 17.4 Å². The van der Waals surface area contributed by atoms with E-state index in [-0.39, 0.29) is 17.0 Å². The summed E-state index contributed by atoms with van der Waals surface area (Å²) < 4.78 is 5.27. The van der Waals surface area contributed by atoms with Crippen molar-refractivity contribution in [2.45, 2.75) is 0 Å². The van der Waals surface area contributed by atoms with Crippen molar-refractivity contribution in [1.29, 1.82) is 0 Å². The second-order valence-corrected chi connectivity index (χ2v) is 7.83. The average Bonchev–Trinajstić information content (AvgIpc) is 3.15. The molecular formula is C22H17BrCl2N2OS. The quantitative estimate of drug-likeness (QED) is 0.296. The fourth-order valence-electron chi connectivity index (χ4n) is 2.83. The lowest BCUT2D eigenvalue weighted by Crippen LogP contribution is -1.92. The Labute approximate surface area is 194 Å². The summed E-state index contributed by atoms with van der Waals surface area (Å²) in [4.78, 5) is 5.91. The molecular weight excluding hydrogens is 491 g/mol. The molecule has 0 aliphatic carbocycles. The van der Waals surface area contributed by atoms with Crippen molar-refractivity contribution in [3.8, 4) is 27.4 Å². The Morgan fingerprint density at radius 2 is 1.48 bits per heavy atom. The Bertz CT molecular complexity index is 1080. The minimum absolute atomic E-state index is 0. The number of anilines is 2. The minimum atomic E-state index is 0. The first-order chi connectivity index (χ1) is 13.7. The van der Waals surface area contributed by atoms with Crippen LogP contribution >= 0.6 is 51.5 Å². The molecule has 1 heterocycles. The topological polar surface area (TPSA) is 34.1 Å². The van der Waals surface area contributed by atoms with Gasteiger partial charge in [-0.05, 0) is 42.0 Å². The molecule has 0 saturated carbocycles. The second kappa shape index (κ2) is 9.63. The average molecular weight is 508 g/mol. The summed E-state index contributed by atoms with van der Waals surface area (Å²) in [7, 11) is 1.66. The van der Waals surface area contributed by atoms with Crippen LogP contribution in [0.1, 0.15) is 0 Å². The second-order valence-electron chi connectivity index (χ2n) is 6.01. The van der Waals surface area contributed by atoms with Gasteiger partial charge in [0.1, 0.15) is 5.75 Å². The number of nitrogens with zero attached hydrogens (tertiary/aromatic N) is 1. The van der Waals surface area contributed by atoms with Gasteiger partial charge in [-0.25, -0.2) is 4.98 Å². The number of hydrogen-bond acceptors (Lipinski definition) is 4. The summed E-state index contributed by atoms with van der Waals surface area (Å²) in [6.07, 6.45) is 0. The molecule has 0 spiro atoms. The summed E-state index contributed by atoms with van der Waals surface area (Å²) in [5.74, 6) is 0.807. The van der Waals surface area contributed by atoms with Crippen molar-refractivity contribution >= 4 is 62.3 Å². The van der Waals surface area contributed by atoms with Gasteiger partial charge < -0.3 is 10.1 Å². The lowest BCUT2D eigenvalue weighted by Gasteiger charge is -2.07. The van der Waals surface area contributed by atoms with E-state index < -0.39 is 0 Å². The lowest BCUT2D eigenvalue weighted by molar-refractivity contribution is 0.415. The number of methoxy groups -OCH3 is 1. The van der Waals surface area contributed by atoms with Gasteiger partial charge in [0.15, 0.2) is 5.13 Å². The van der Waals surface area contributed by atoms with Crippen molar-refractivity contribution in [2.24, 2.45) is 0 Å². The predicted molar refractivity (Wildman–Crippen MR) is 130 cm³/mol. The molecule has 0 bridgehead atoms. The highest BCUT2D eigenvalue weighted by molar-refractivity contribution is 8.93. The standard InChI is InChI=1S/C22H16Cl2N2OS.BrH/c1-27-16-12-10-14(11-13-16)19-21(15-6-3-2-4-7-15)28-22(25-19)26-20-17(23)8-5-9-18(20)24;/h2-13H,1H3,(H,25,26);1H. The van der Waals surface area contributed by atoms with E-state index in [1.807, 2.05) is 48.5 Å². The molecule has 0 aliphatic heterocycles. The fourth-order valence-corrected chi connectivity index (χ4v) is 4.32. The van der Waals surface area contributed by atoms with Crippen LogP contribution in [0.4, 0.5) is 10.8 Å². The van der Waals surface area contributed by atoms with E-state index in [0.717, 1.165) is 32.6 Å². The number of para-hydroxylation sites is 1. The lowest BCUT2D eigenvalue weighted by atomic mass is 10.1. The number of nitrogens with one attached hydrogen (secondary N) is 1. The van der Waals surface area contributed by atoms with E-state index >= 15 is 0 Å². The zero-order valence-corrected chi connectivity index (χ0v) is 19.4. The van der Waals surface area contributed by atoms with Crippen LogP contribution in [0.25, 0.3) is 21.7 Å². The van der Waals surface area contributed by atoms with Crippen LogP contribution in [0.15, 0.2) is 72.8 Å². The molecule has 4 rings (SSSR count). The molecule has 0 saturated heterocycles. The number of benzene rings is 3. The number of aromatic nitrogens is 1. The number of thiazole rings is 1. The summed E-state index contributed by atoms with van der Waals surface area (Å²) in [5, 5.41) is 5.11. The SMILES string of the molecule is Br.COc1ccc(-c2nc(Nc3c(Cl)cccc3Cl)sc2-c2ccccc2)cc1. The highest BCUT2D eigenvalue weighted by Gasteiger charge is 2.16. The number of rotatable bonds is 5. The molecule has 0 atom stereocenters. The van der Waals surface area contributed by atoms with Crippen LogP contribution in [-0.2, 0) is 0 Å². The summed E-state index contributed by atoms with van der Waals surface area (Å²) in [5.41, 5.74) is 3.66. The molecule has 0 aliphatic rings. The first-order valence-electron chi connectivity index (χ1n) is 8.57. The number of halogens is 3. The highest BCUT2D eigenvalue weighted by atomic mass is 79.9. The van der Waals surface area contributed by atoms with Crippen LogP contribution in [0.3, 0.4) is 0 Å². The normalized spacial score (nSPS) is 10.3. The summed E-state index contributed by atoms with van der Waals surface area (Å²) in [6.45, 7) is 0. The molecule has 1 aromatic heterocycles. The maximum atomic E-state index is 6.31. The van der Waals surface area contributed by atoms with Crippen molar-refractivity contribution in [1.82, 2.24) is 4.98 Å². The zero-order valence-electron chi connectivity index (χ0n) is 15.4. The first-order valence-corrected chi connectivity index (χ1v) is 10.1. The smallest absolute Gasteiger partial charge is 0.188 e. The van der Waals surface area contributed by atoms with Gasteiger partial charge in [0, 0.05) is 5.56 Å². The van der Waals surface area contributed by atoms with Gasteiger partial charge in [0.05, 0.1) is 33.4 Å². The zero-order chi connectivity index (χ0) is 19.5. The van der Waals surface area contributed by atoms with Crippen molar-refractivity contribution < 1.29 is 4.74 Å². The van der Waals surface area contributed by atoms with Gasteiger partial charge in [-0.3, -0.25) is 0 Å². The number of hydrogen-bond donors (Lipinski definition) is 1. The molecule has 148 valence electrons. The van der Waals surface area contributed by atoms with Crippen LogP contribution in [0.2, 0.25) is 10.0 Å². The molecule has 1 N–H and O–H groups in total. The molecule has 0 radical (unpaired) electrons. The van der Waals surface area contributed by atoms with E-state index in [1.165, 1.54) is 0 Å². The van der Waals surface area contributed by atoms with Crippen LogP contribution in [-0.4, -0.2) is 12.1 Å². The molecule has 0 amide bonds. The van der Waals surface area contributed by atoms with Gasteiger partial charge in [0.2, 0.25) is 0 Å². The maximum Gasteiger partial charge on any atom is 0.188 e. The van der Waals surface area contributed by atoms with Gasteiger partial charge in [-0.2, -0.15) is 0 Å². The number of ether oxygens (including phenoxy) is 1. The first kappa shape index (κ1) is 21.7. The van der Waals surface area contributed by atoms with Crippen molar-refractivity contribution in [3.05, 3.63) is 82.8 Å². The van der Waals surface area contributed by atoms with Crippen LogP contribution < -0.4 is 10.1 Å². The Balaban J connectivity index is 0.00000240. The van der Waals surface area contributed by atoms with Crippen LogP contribution in [0.5, 0.6) is 5.75 Å². The molecule has 0 fully saturated rings. The Morgan fingerprint density at radius 3 is 2.10 bits per heavy atom. The van der Waals surface area contributed by atoms with E-state index in [0.29, 0.717) is 15.7 Å². The Kier molecular flexibility index (Phi) is 7.19. The molecule has 7 heteroatoms. The highest BCUT2D eigenvalue weighted by Crippen LogP contribution is 2.42. The molecule has 3 nitrogen and oxygen atoms in total. The third kappa shape index (κ3) is 4.75.